The zero-order valence-electron chi connectivity index (χ0n) is 15.6. The average molecular weight is 372 g/mol. The van der Waals surface area contributed by atoms with Crippen molar-refractivity contribution < 1.29 is 4.79 Å². The first-order valence-electron chi connectivity index (χ1n) is 9.41. The van der Waals surface area contributed by atoms with E-state index in [1.165, 1.54) is 4.80 Å². The first kappa shape index (κ1) is 16.7. The zero-order chi connectivity index (χ0) is 19.1. The van der Waals surface area contributed by atoms with Crippen LogP contribution in [0, 0.1) is 6.92 Å². The molecule has 1 amide bonds. The number of carbonyl (C=O) groups is 1. The molecule has 1 saturated heterocycles. The summed E-state index contributed by atoms with van der Waals surface area (Å²) in [7, 11) is 0. The number of amides is 1. The number of aromatic nitrogens is 5. The molecule has 0 radical (unpaired) electrons. The highest BCUT2D eigenvalue weighted by Gasteiger charge is 2.31. The van der Waals surface area contributed by atoms with E-state index in [2.05, 4.69) is 25.8 Å². The largest absolute Gasteiger partial charge is 0.335 e. The van der Waals surface area contributed by atoms with Crippen molar-refractivity contribution >= 4 is 16.9 Å². The van der Waals surface area contributed by atoms with Crippen molar-refractivity contribution in [3.05, 3.63) is 72.3 Å². The SMILES string of the molecule is Cc1nc2ccccc2n1[C@H]1CCN(C(=O)c2cnn(-c3ccccc3)n2)C1. The number of para-hydroxylation sites is 3. The van der Waals surface area contributed by atoms with Crippen LogP contribution in [0.1, 0.15) is 28.8 Å². The summed E-state index contributed by atoms with van der Waals surface area (Å²) in [5.74, 6) is 0.905. The van der Waals surface area contributed by atoms with Crippen LogP contribution < -0.4 is 0 Å². The fraction of sp³-hybridized carbons (Fsp3) is 0.238. The third kappa shape index (κ3) is 2.76. The molecule has 0 aliphatic carbocycles. The molecule has 0 saturated carbocycles. The lowest BCUT2D eigenvalue weighted by Crippen LogP contribution is -2.29. The molecule has 0 unspecified atom stereocenters. The maximum Gasteiger partial charge on any atom is 0.276 e. The quantitative estimate of drug-likeness (QED) is 0.554. The molecule has 4 aromatic rings. The highest BCUT2D eigenvalue weighted by atomic mass is 16.2. The average Bonchev–Trinajstić information content (AvgIpc) is 3.45. The van der Waals surface area contributed by atoms with Crippen molar-refractivity contribution in [1.29, 1.82) is 0 Å². The minimum absolute atomic E-state index is 0.0771. The Labute approximate surface area is 162 Å². The summed E-state index contributed by atoms with van der Waals surface area (Å²) in [4.78, 5) is 21.0. The molecule has 0 spiro atoms. The molecule has 1 atom stereocenters. The van der Waals surface area contributed by atoms with Crippen LogP contribution in [-0.2, 0) is 0 Å². The fourth-order valence-electron chi connectivity index (χ4n) is 3.97. The third-order valence-corrected chi connectivity index (χ3v) is 5.29. The molecule has 140 valence electrons. The first-order valence-corrected chi connectivity index (χ1v) is 9.41. The number of hydrogen-bond acceptors (Lipinski definition) is 4. The molecule has 0 N–H and O–H groups in total. The van der Waals surface area contributed by atoms with Crippen LogP contribution in [-0.4, -0.2) is 48.4 Å². The normalized spacial score (nSPS) is 16.8. The molecular formula is C21H20N6O. The smallest absolute Gasteiger partial charge is 0.276 e. The summed E-state index contributed by atoms with van der Waals surface area (Å²) in [6, 6.07) is 18.0. The van der Waals surface area contributed by atoms with Crippen LogP contribution >= 0.6 is 0 Å². The van der Waals surface area contributed by atoms with Crippen molar-refractivity contribution in [2.45, 2.75) is 19.4 Å². The summed E-state index contributed by atoms with van der Waals surface area (Å²) < 4.78 is 2.25. The minimum Gasteiger partial charge on any atom is -0.335 e. The number of nitrogens with zero attached hydrogens (tertiary/aromatic N) is 6. The molecular weight excluding hydrogens is 352 g/mol. The van der Waals surface area contributed by atoms with Crippen molar-refractivity contribution in [2.75, 3.05) is 13.1 Å². The van der Waals surface area contributed by atoms with Gasteiger partial charge < -0.3 is 9.47 Å². The Morgan fingerprint density at radius 1 is 1.07 bits per heavy atom. The molecule has 1 fully saturated rings. The Hall–Kier alpha value is -3.48. The molecule has 0 bridgehead atoms. The number of carbonyl (C=O) groups excluding carboxylic acids is 1. The standard InChI is InChI=1S/C21H20N6O/c1-15-23-18-9-5-6-10-20(18)26(15)17-11-12-25(14-17)21(28)19-13-22-27(24-19)16-7-3-2-4-8-16/h2-10,13,17H,11-12,14H2,1H3/t17-/m0/s1. The van der Waals surface area contributed by atoms with Gasteiger partial charge in [0, 0.05) is 13.1 Å². The van der Waals surface area contributed by atoms with Gasteiger partial charge in [-0.3, -0.25) is 4.79 Å². The van der Waals surface area contributed by atoms with Gasteiger partial charge in [-0.25, -0.2) is 4.98 Å². The predicted octanol–water partition coefficient (Wildman–Crippen LogP) is 3.01. The van der Waals surface area contributed by atoms with E-state index in [0.717, 1.165) is 29.0 Å². The van der Waals surface area contributed by atoms with Gasteiger partial charge in [0.15, 0.2) is 5.69 Å². The van der Waals surface area contributed by atoms with Gasteiger partial charge in [-0.2, -0.15) is 9.90 Å². The number of imidazole rings is 1. The molecule has 7 nitrogen and oxygen atoms in total. The van der Waals surface area contributed by atoms with Crippen LogP contribution in [0.15, 0.2) is 60.8 Å². The summed E-state index contributed by atoms with van der Waals surface area (Å²) in [6.07, 6.45) is 2.44. The highest BCUT2D eigenvalue weighted by Crippen LogP contribution is 2.28. The van der Waals surface area contributed by atoms with E-state index in [4.69, 9.17) is 0 Å². The van der Waals surface area contributed by atoms with Gasteiger partial charge in [0.1, 0.15) is 5.82 Å². The summed E-state index contributed by atoms with van der Waals surface area (Å²) in [6.45, 7) is 3.38. The molecule has 28 heavy (non-hydrogen) atoms. The Morgan fingerprint density at radius 3 is 2.71 bits per heavy atom. The second-order valence-corrected chi connectivity index (χ2v) is 7.07. The van der Waals surface area contributed by atoms with Crippen LogP contribution in [0.4, 0.5) is 0 Å². The van der Waals surface area contributed by atoms with E-state index < -0.39 is 0 Å². The van der Waals surface area contributed by atoms with E-state index in [-0.39, 0.29) is 11.9 Å². The number of likely N-dealkylation sites (tertiary alicyclic amines) is 1. The van der Waals surface area contributed by atoms with Crippen LogP contribution in [0.25, 0.3) is 16.7 Å². The number of benzene rings is 2. The molecule has 1 aliphatic rings. The van der Waals surface area contributed by atoms with E-state index in [1.807, 2.05) is 60.4 Å². The van der Waals surface area contributed by atoms with Crippen molar-refractivity contribution in [1.82, 2.24) is 29.4 Å². The number of fused-ring (bicyclic) bond motifs is 1. The second-order valence-electron chi connectivity index (χ2n) is 7.07. The fourth-order valence-corrected chi connectivity index (χ4v) is 3.97. The Balaban J connectivity index is 1.37. The molecule has 3 heterocycles. The maximum absolute atomic E-state index is 12.9. The van der Waals surface area contributed by atoms with Crippen molar-refractivity contribution in [3.8, 4) is 5.69 Å². The van der Waals surface area contributed by atoms with Crippen LogP contribution in [0.5, 0.6) is 0 Å². The predicted molar refractivity (Wildman–Crippen MR) is 105 cm³/mol. The van der Waals surface area contributed by atoms with E-state index in [9.17, 15) is 4.79 Å². The number of aryl methyl sites for hydroxylation is 1. The van der Waals surface area contributed by atoms with Crippen molar-refractivity contribution in [3.63, 3.8) is 0 Å². The highest BCUT2D eigenvalue weighted by molar-refractivity contribution is 5.92. The number of rotatable bonds is 3. The summed E-state index contributed by atoms with van der Waals surface area (Å²) >= 11 is 0. The molecule has 5 rings (SSSR count). The zero-order valence-corrected chi connectivity index (χ0v) is 15.6. The Kier molecular flexibility index (Phi) is 3.93. The molecule has 2 aromatic carbocycles. The van der Waals surface area contributed by atoms with Gasteiger partial charge in [-0.05, 0) is 37.6 Å². The maximum atomic E-state index is 12.9. The first-order chi connectivity index (χ1) is 13.7. The lowest BCUT2D eigenvalue weighted by atomic mass is 10.2. The van der Waals surface area contributed by atoms with E-state index in [0.29, 0.717) is 18.8 Å². The number of hydrogen-bond donors (Lipinski definition) is 0. The van der Waals surface area contributed by atoms with Gasteiger partial charge in [-0.15, -0.1) is 5.10 Å². The Bertz CT molecular complexity index is 1150. The molecule has 7 heteroatoms. The minimum atomic E-state index is -0.0771. The van der Waals surface area contributed by atoms with Crippen LogP contribution in [0.3, 0.4) is 0 Å². The third-order valence-electron chi connectivity index (χ3n) is 5.29. The molecule has 1 aliphatic heterocycles. The van der Waals surface area contributed by atoms with E-state index >= 15 is 0 Å². The van der Waals surface area contributed by atoms with Gasteiger partial charge in [-0.1, -0.05) is 30.3 Å². The summed E-state index contributed by atoms with van der Waals surface area (Å²) in [5, 5.41) is 8.62. The van der Waals surface area contributed by atoms with Gasteiger partial charge in [0.2, 0.25) is 0 Å². The van der Waals surface area contributed by atoms with E-state index in [1.54, 1.807) is 6.20 Å². The monoisotopic (exact) mass is 372 g/mol. The lowest BCUT2D eigenvalue weighted by molar-refractivity contribution is 0.0781. The van der Waals surface area contributed by atoms with Crippen molar-refractivity contribution in [2.24, 2.45) is 0 Å². The van der Waals surface area contributed by atoms with Crippen LogP contribution in [0.2, 0.25) is 0 Å². The topological polar surface area (TPSA) is 68.8 Å². The summed E-state index contributed by atoms with van der Waals surface area (Å²) in [5.41, 5.74) is 3.32. The second kappa shape index (κ2) is 6.60. The Morgan fingerprint density at radius 2 is 1.86 bits per heavy atom. The molecule has 2 aromatic heterocycles. The van der Waals surface area contributed by atoms with Gasteiger partial charge in [0.25, 0.3) is 5.91 Å². The van der Waals surface area contributed by atoms with Gasteiger partial charge in [0.05, 0.1) is 29.0 Å². The lowest BCUT2D eigenvalue weighted by Gasteiger charge is -2.17. The van der Waals surface area contributed by atoms with Gasteiger partial charge >= 0.3 is 0 Å².